The SMILES string of the molecule is CCC(C)[C@@H](NC(=O)c1cn(CC)c2cc3c(cc2c1=O)OCO3)C(=O)NCCOCCO. The van der Waals surface area contributed by atoms with Crippen LogP contribution in [-0.2, 0) is 16.1 Å². The second-order valence-corrected chi connectivity index (χ2v) is 7.84. The lowest BCUT2D eigenvalue weighted by Gasteiger charge is -2.24. The third kappa shape index (κ3) is 5.45. The first kappa shape index (κ1) is 24.5. The van der Waals surface area contributed by atoms with Gasteiger partial charge < -0.3 is 34.5 Å². The van der Waals surface area contributed by atoms with Gasteiger partial charge in [-0.1, -0.05) is 20.3 Å². The lowest BCUT2D eigenvalue weighted by molar-refractivity contribution is -0.124. The van der Waals surface area contributed by atoms with Crippen molar-refractivity contribution in [1.29, 1.82) is 0 Å². The monoisotopic (exact) mass is 461 g/mol. The lowest BCUT2D eigenvalue weighted by atomic mass is 9.97. The molecule has 180 valence electrons. The molecule has 2 atom stereocenters. The summed E-state index contributed by atoms with van der Waals surface area (Å²) >= 11 is 0. The van der Waals surface area contributed by atoms with Gasteiger partial charge in [-0.25, -0.2) is 0 Å². The van der Waals surface area contributed by atoms with Crippen molar-refractivity contribution in [1.82, 2.24) is 15.2 Å². The number of amides is 2. The number of aryl methyl sites for hydroxylation is 1. The van der Waals surface area contributed by atoms with Gasteiger partial charge in [0.1, 0.15) is 11.6 Å². The number of nitrogens with zero attached hydrogens (tertiary/aromatic N) is 1. The molecule has 0 fully saturated rings. The van der Waals surface area contributed by atoms with Crippen LogP contribution >= 0.6 is 0 Å². The smallest absolute Gasteiger partial charge is 0.257 e. The van der Waals surface area contributed by atoms with Gasteiger partial charge in [0, 0.05) is 25.4 Å². The number of aliphatic hydroxyl groups is 1. The predicted octanol–water partition coefficient (Wildman–Crippen LogP) is 1.02. The first-order valence-electron chi connectivity index (χ1n) is 11.1. The van der Waals surface area contributed by atoms with Crippen LogP contribution in [0.3, 0.4) is 0 Å². The van der Waals surface area contributed by atoms with E-state index in [0.29, 0.717) is 35.4 Å². The third-order valence-electron chi connectivity index (χ3n) is 5.72. The number of nitrogens with one attached hydrogen (secondary N) is 2. The van der Waals surface area contributed by atoms with E-state index in [1.165, 1.54) is 6.20 Å². The molecule has 0 spiro atoms. The van der Waals surface area contributed by atoms with E-state index in [9.17, 15) is 14.4 Å². The van der Waals surface area contributed by atoms with Gasteiger partial charge in [0.15, 0.2) is 11.5 Å². The molecule has 2 aromatic rings. The first-order valence-corrected chi connectivity index (χ1v) is 11.1. The molecule has 33 heavy (non-hydrogen) atoms. The highest BCUT2D eigenvalue weighted by Crippen LogP contribution is 2.35. The molecule has 2 amide bonds. The zero-order valence-electron chi connectivity index (χ0n) is 19.2. The van der Waals surface area contributed by atoms with Crippen molar-refractivity contribution in [3.63, 3.8) is 0 Å². The van der Waals surface area contributed by atoms with Crippen molar-refractivity contribution in [2.45, 2.75) is 39.8 Å². The van der Waals surface area contributed by atoms with Crippen molar-refractivity contribution < 1.29 is 28.9 Å². The summed E-state index contributed by atoms with van der Waals surface area (Å²) in [5, 5.41) is 14.6. The van der Waals surface area contributed by atoms with Crippen LogP contribution in [0.15, 0.2) is 23.1 Å². The third-order valence-corrected chi connectivity index (χ3v) is 5.72. The largest absolute Gasteiger partial charge is 0.454 e. The predicted molar refractivity (Wildman–Crippen MR) is 122 cm³/mol. The summed E-state index contributed by atoms with van der Waals surface area (Å²) in [6, 6.07) is 2.51. The summed E-state index contributed by atoms with van der Waals surface area (Å²) in [5.74, 6) is -0.114. The van der Waals surface area contributed by atoms with Gasteiger partial charge in [-0.05, 0) is 18.9 Å². The topological polar surface area (TPSA) is 128 Å². The van der Waals surface area contributed by atoms with E-state index in [2.05, 4.69) is 10.6 Å². The fraction of sp³-hybridized carbons (Fsp3) is 0.522. The number of pyridine rings is 1. The fourth-order valence-electron chi connectivity index (χ4n) is 3.65. The zero-order valence-corrected chi connectivity index (χ0v) is 19.2. The standard InChI is InChI=1S/C23H31N3O7/c1-4-14(3)20(23(30)24-6-8-31-9-7-27)25-22(29)16-12-26(5-2)17-11-19-18(32-13-33-19)10-15(17)21(16)28/h10-12,14,20,27H,4-9,13H2,1-3H3,(H,24,30)(H,25,29)/t14?,20-/m1/s1. The second kappa shape index (κ2) is 11.2. The molecule has 0 aliphatic carbocycles. The number of carbonyl (C=O) groups excluding carboxylic acids is 2. The molecule has 0 bridgehead atoms. The first-order chi connectivity index (χ1) is 15.9. The molecule has 10 heteroatoms. The summed E-state index contributed by atoms with van der Waals surface area (Å²) in [7, 11) is 0. The molecule has 0 saturated heterocycles. The van der Waals surface area contributed by atoms with Gasteiger partial charge in [-0.3, -0.25) is 14.4 Å². The van der Waals surface area contributed by atoms with Crippen molar-refractivity contribution in [2.24, 2.45) is 5.92 Å². The highest BCUT2D eigenvalue weighted by Gasteiger charge is 2.28. The number of aromatic nitrogens is 1. The zero-order chi connectivity index (χ0) is 24.0. The Hall–Kier alpha value is -3.11. The minimum atomic E-state index is -0.817. The van der Waals surface area contributed by atoms with E-state index < -0.39 is 17.4 Å². The molecule has 2 heterocycles. The van der Waals surface area contributed by atoms with E-state index in [4.69, 9.17) is 19.3 Å². The van der Waals surface area contributed by atoms with Gasteiger partial charge in [0.05, 0.1) is 30.7 Å². The van der Waals surface area contributed by atoms with Crippen molar-refractivity contribution in [2.75, 3.05) is 33.2 Å². The molecule has 10 nitrogen and oxygen atoms in total. The van der Waals surface area contributed by atoms with Crippen LogP contribution in [0, 0.1) is 5.92 Å². The maximum atomic E-state index is 13.2. The van der Waals surface area contributed by atoms with Crippen LogP contribution in [0.25, 0.3) is 10.9 Å². The van der Waals surface area contributed by atoms with Crippen LogP contribution in [0.4, 0.5) is 0 Å². The number of fused-ring (bicyclic) bond motifs is 2. The lowest BCUT2D eigenvalue weighted by Crippen LogP contribution is -2.51. The molecule has 0 saturated carbocycles. The summed E-state index contributed by atoms with van der Waals surface area (Å²) in [5.41, 5.74) is 0.157. The van der Waals surface area contributed by atoms with Crippen LogP contribution < -0.4 is 25.5 Å². The van der Waals surface area contributed by atoms with E-state index in [0.717, 1.165) is 0 Å². The number of benzene rings is 1. The highest BCUT2D eigenvalue weighted by atomic mass is 16.7. The molecular weight excluding hydrogens is 430 g/mol. The second-order valence-electron chi connectivity index (χ2n) is 7.84. The normalized spacial score (nSPS) is 14.2. The Bertz CT molecular complexity index is 1070. The van der Waals surface area contributed by atoms with Crippen molar-refractivity contribution in [3.8, 4) is 11.5 Å². The molecule has 0 radical (unpaired) electrons. The van der Waals surface area contributed by atoms with Crippen LogP contribution in [0.2, 0.25) is 0 Å². The number of hydrogen-bond acceptors (Lipinski definition) is 7. The Morgan fingerprint density at radius 1 is 1.21 bits per heavy atom. The van der Waals surface area contributed by atoms with Crippen LogP contribution in [0.5, 0.6) is 11.5 Å². The fourth-order valence-corrected chi connectivity index (χ4v) is 3.65. The summed E-state index contributed by atoms with van der Waals surface area (Å²) in [6.45, 7) is 6.88. The molecule has 1 aliphatic rings. The maximum Gasteiger partial charge on any atom is 0.257 e. The number of rotatable bonds is 11. The van der Waals surface area contributed by atoms with Gasteiger partial charge in [0.25, 0.3) is 5.91 Å². The number of carbonyl (C=O) groups is 2. The van der Waals surface area contributed by atoms with Gasteiger partial charge in [0.2, 0.25) is 18.1 Å². The number of hydrogen-bond donors (Lipinski definition) is 3. The molecule has 1 unspecified atom stereocenters. The Labute approximate surface area is 191 Å². The minimum Gasteiger partial charge on any atom is -0.454 e. The molecular formula is C23H31N3O7. The van der Waals surface area contributed by atoms with Crippen molar-refractivity contribution >= 4 is 22.7 Å². The Kier molecular flexibility index (Phi) is 8.29. The minimum absolute atomic E-state index is 0.0457. The Morgan fingerprint density at radius 3 is 2.61 bits per heavy atom. The van der Waals surface area contributed by atoms with Gasteiger partial charge >= 0.3 is 0 Å². The Morgan fingerprint density at radius 2 is 1.94 bits per heavy atom. The average Bonchev–Trinajstić information content (AvgIpc) is 3.28. The van der Waals surface area contributed by atoms with E-state index >= 15 is 0 Å². The van der Waals surface area contributed by atoms with E-state index in [-0.39, 0.29) is 50.5 Å². The Balaban J connectivity index is 1.85. The number of ether oxygens (including phenoxy) is 3. The van der Waals surface area contributed by atoms with E-state index in [1.54, 1.807) is 16.7 Å². The maximum absolute atomic E-state index is 13.2. The molecule has 1 aromatic heterocycles. The van der Waals surface area contributed by atoms with Crippen LogP contribution in [0.1, 0.15) is 37.6 Å². The van der Waals surface area contributed by atoms with Gasteiger partial charge in [-0.2, -0.15) is 0 Å². The molecule has 3 N–H and O–H groups in total. The van der Waals surface area contributed by atoms with Crippen LogP contribution in [-0.4, -0.2) is 60.7 Å². The van der Waals surface area contributed by atoms with E-state index in [1.807, 2.05) is 20.8 Å². The molecule has 3 rings (SSSR count). The van der Waals surface area contributed by atoms with Crippen molar-refractivity contribution in [3.05, 3.63) is 34.1 Å². The molecule has 1 aliphatic heterocycles. The molecule has 1 aromatic carbocycles. The number of aliphatic hydroxyl groups excluding tert-OH is 1. The summed E-state index contributed by atoms with van der Waals surface area (Å²) < 4.78 is 17.7. The average molecular weight is 462 g/mol. The van der Waals surface area contributed by atoms with Gasteiger partial charge in [-0.15, -0.1) is 0 Å². The summed E-state index contributed by atoms with van der Waals surface area (Å²) in [6.07, 6.45) is 2.16. The summed E-state index contributed by atoms with van der Waals surface area (Å²) in [4.78, 5) is 39.1. The highest BCUT2D eigenvalue weighted by molar-refractivity contribution is 6.00. The quantitative estimate of drug-likeness (QED) is 0.426.